The van der Waals surface area contributed by atoms with Crippen LogP contribution in [0.2, 0.25) is 0 Å². The van der Waals surface area contributed by atoms with Crippen LogP contribution < -0.4 is 14.4 Å². The molecule has 8 nitrogen and oxygen atoms in total. The van der Waals surface area contributed by atoms with Gasteiger partial charge in [0, 0.05) is 13.6 Å². The van der Waals surface area contributed by atoms with Gasteiger partial charge in [-0.1, -0.05) is 42.0 Å². The molecule has 0 saturated heterocycles. The molecule has 0 aliphatic rings. The molecule has 0 saturated carbocycles. The standard InChI is InChI=1S/C27H30FN3O5S/c1-19-9-15-23(16-10-19)37(34,35)31(25-8-6-5-7-24(25)28)18-26(32)30(20(2)27(33)29-3)17-21-11-13-22(36-4)14-12-21/h5-16,20H,17-18H2,1-4H3,(H,29,33)/t20-/m0/s1. The third-order valence-corrected chi connectivity index (χ3v) is 7.71. The van der Waals surface area contributed by atoms with E-state index in [1.807, 2.05) is 6.92 Å². The molecule has 3 aromatic carbocycles. The van der Waals surface area contributed by atoms with Gasteiger partial charge in [0.15, 0.2) is 0 Å². The number of methoxy groups -OCH3 is 1. The second-order valence-corrected chi connectivity index (χ2v) is 10.3. The summed E-state index contributed by atoms with van der Waals surface area (Å²) >= 11 is 0. The van der Waals surface area contributed by atoms with Crippen LogP contribution in [-0.2, 0) is 26.2 Å². The van der Waals surface area contributed by atoms with Gasteiger partial charge in [0.1, 0.15) is 24.2 Å². The van der Waals surface area contributed by atoms with E-state index in [9.17, 15) is 22.4 Å². The number of anilines is 1. The van der Waals surface area contributed by atoms with Gasteiger partial charge in [-0.15, -0.1) is 0 Å². The summed E-state index contributed by atoms with van der Waals surface area (Å²) in [5.41, 5.74) is 1.27. The summed E-state index contributed by atoms with van der Waals surface area (Å²) in [5.74, 6) is -1.28. The van der Waals surface area contributed by atoms with Gasteiger partial charge in [-0.25, -0.2) is 12.8 Å². The predicted molar refractivity (Wildman–Crippen MR) is 139 cm³/mol. The summed E-state index contributed by atoms with van der Waals surface area (Å²) in [7, 11) is -1.35. The van der Waals surface area contributed by atoms with Gasteiger partial charge in [0.05, 0.1) is 17.7 Å². The van der Waals surface area contributed by atoms with E-state index in [1.165, 1.54) is 49.4 Å². The van der Waals surface area contributed by atoms with Crippen molar-refractivity contribution < 1.29 is 27.1 Å². The molecule has 0 aromatic heterocycles. The Morgan fingerprint density at radius 1 is 1.00 bits per heavy atom. The van der Waals surface area contributed by atoms with E-state index in [4.69, 9.17) is 4.74 Å². The number of para-hydroxylation sites is 1. The number of rotatable bonds is 10. The zero-order chi connectivity index (χ0) is 27.2. The summed E-state index contributed by atoms with van der Waals surface area (Å²) in [4.78, 5) is 27.3. The van der Waals surface area contributed by atoms with Gasteiger partial charge in [-0.05, 0) is 55.8 Å². The molecule has 3 rings (SSSR count). The number of likely N-dealkylation sites (N-methyl/N-ethyl adjacent to an activating group) is 1. The largest absolute Gasteiger partial charge is 0.497 e. The first kappa shape index (κ1) is 27.7. The number of benzene rings is 3. The Bertz CT molecular complexity index is 1350. The lowest BCUT2D eigenvalue weighted by Crippen LogP contribution is -2.50. The van der Waals surface area contributed by atoms with Crippen LogP contribution in [0.3, 0.4) is 0 Å². The first-order valence-corrected chi connectivity index (χ1v) is 13.0. The Hall–Kier alpha value is -3.92. The maximum Gasteiger partial charge on any atom is 0.264 e. The minimum Gasteiger partial charge on any atom is -0.497 e. The molecule has 10 heteroatoms. The maximum atomic E-state index is 14.9. The quantitative estimate of drug-likeness (QED) is 0.436. The third kappa shape index (κ3) is 6.45. The van der Waals surface area contributed by atoms with Gasteiger partial charge in [0.25, 0.3) is 10.0 Å². The highest BCUT2D eigenvalue weighted by atomic mass is 32.2. The Balaban J connectivity index is 2.03. The van der Waals surface area contributed by atoms with Gasteiger partial charge >= 0.3 is 0 Å². The smallest absolute Gasteiger partial charge is 0.264 e. The van der Waals surface area contributed by atoms with Gasteiger partial charge in [-0.2, -0.15) is 0 Å². The highest BCUT2D eigenvalue weighted by Gasteiger charge is 2.33. The summed E-state index contributed by atoms with van der Waals surface area (Å²) in [6.45, 7) is 2.66. The normalized spacial score (nSPS) is 11.9. The second-order valence-electron chi connectivity index (χ2n) is 8.44. The lowest BCUT2D eigenvalue weighted by molar-refractivity contribution is -0.139. The first-order chi connectivity index (χ1) is 17.6. The van der Waals surface area contributed by atoms with Crippen LogP contribution >= 0.6 is 0 Å². The van der Waals surface area contributed by atoms with Crippen molar-refractivity contribution in [3.63, 3.8) is 0 Å². The molecule has 0 aliphatic carbocycles. The Kier molecular flexibility index (Phi) is 8.88. The van der Waals surface area contributed by atoms with Crippen molar-refractivity contribution in [3.8, 4) is 5.75 Å². The lowest BCUT2D eigenvalue weighted by atomic mass is 10.1. The van der Waals surface area contributed by atoms with E-state index in [0.29, 0.717) is 11.3 Å². The molecule has 2 amide bonds. The summed E-state index contributed by atoms with van der Waals surface area (Å²) in [5, 5.41) is 2.51. The van der Waals surface area contributed by atoms with E-state index in [1.54, 1.807) is 43.3 Å². The Morgan fingerprint density at radius 3 is 2.19 bits per heavy atom. The molecule has 37 heavy (non-hydrogen) atoms. The molecule has 0 heterocycles. The first-order valence-electron chi connectivity index (χ1n) is 11.6. The SMILES string of the molecule is CNC(=O)[C@H](C)N(Cc1ccc(OC)cc1)C(=O)CN(c1ccccc1F)S(=O)(=O)c1ccc(C)cc1. The van der Waals surface area contributed by atoms with E-state index in [2.05, 4.69) is 5.32 Å². The number of carbonyl (C=O) groups excluding carboxylic acids is 2. The van der Waals surface area contributed by atoms with Crippen molar-refractivity contribution in [1.29, 1.82) is 0 Å². The highest BCUT2D eigenvalue weighted by Crippen LogP contribution is 2.27. The Morgan fingerprint density at radius 2 is 1.62 bits per heavy atom. The molecule has 0 radical (unpaired) electrons. The average Bonchev–Trinajstić information content (AvgIpc) is 2.90. The van der Waals surface area contributed by atoms with E-state index in [0.717, 1.165) is 15.9 Å². The number of nitrogens with one attached hydrogen (secondary N) is 1. The fourth-order valence-corrected chi connectivity index (χ4v) is 5.15. The molecule has 0 fully saturated rings. The number of aryl methyl sites for hydroxylation is 1. The van der Waals surface area contributed by atoms with Gasteiger partial charge in [-0.3, -0.25) is 13.9 Å². The minimum atomic E-state index is -4.33. The maximum absolute atomic E-state index is 14.9. The number of hydrogen-bond donors (Lipinski definition) is 1. The Labute approximate surface area is 216 Å². The summed E-state index contributed by atoms with van der Waals surface area (Å²) in [6.07, 6.45) is 0. The molecule has 0 unspecified atom stereocenters. The van der Waals surface area contributed by atoms with Crippen LogP contribution in [0, 0.1) is 12.7 Å². The average molecular weight is 528 g/mol. The zero-order valence-electron chi connectivity index (χ0n) is 21.1. The summed E-state index contributed by atoms with van der Waals surface area (Å²) < 4.78 is 48.0. The van der Waals surface area contributed by atoms with Crippen molar-refractivity contribution >= 4 is 27.5 Å². The van der Waals surface area contributed by atoms with Gasteiger partial charge in [0.2, 0.25) is 11.8 Å². The number of sulfonamides is 1. The predicted octanol–water partition coefficient (Wildman–Crippen LogP) is 3.50. The van der Waals surface area contributed by atoms with Crippen molar-refractivity contribution in [3.05, 3.63) is 89.7 Å². The van der Waals surface area contributed by atoms with Crippen LogP contribution in [0.15, 0.2) is 77.7 Å². The van der Waals surface area contributed by atoms with E-state index in [-0.39, 0.29) is 17.1 Å². The molecule has 0 aliphatic heterocycles. The van der Waals surface area contributed by atoms with Crippen molar-refractivity contribution in [1.82, 2.24) is 10.2 Å². The molecule has 0 bridgehead atoms. The molecular formula is C27H30FN3O5S. The highest BCUT2D eigenvalue weighted by molar-refractivity contribution is 7.92. The zero-order valence-corrected chi connectivity index (χ0v) is 22.0. The number of carbonyl (C=O) groups is 2. The van der Waals surface area contributed by atoms with Crippen LogP contribution in [0.5, 0.6) is 5.75 Å². The minimum absolute atomic E-state index is 0.0209. The van der Waals surface area contributed by atoms with Crippen LogP contribution in [0.1, 0.15) is 18.1 Å². The third-order valence-electron chi connectivity index (χ3n) is 5.93. The van der Waals surface area contributed by atoms with Crippen LogP contribution in [-0.4, -0.2) is 51.9 Å². The molecule has 0 spiro atoms. The number of hydrogen-bond acceptors (Lipinski definition) is 5. The monoisotopic (exact) mass is 527 g/mol. The van der Waals surface area contributed by atoms with Crippen molar-refractivity contribution in [2.75, 3.05) is 25.0 Å². The molecule has 1 atom stereocenters. The molecule has 3 aromatic rings. The number of amides is 2. The number of ether oxygens (including phenoxy) is 1. The van der Waals surface area contributed by atoms with Crippen molar-refractivity contribution in [2.24, 2.45) is 0 Å². The fourth-order valence-electron chi connectivity index (χ4n) is 3.72. The van der Waals surface area contributed by atoms with E-state index < -0.39 is 40.2 Å². The van der Waals surface area contributed by atoms with Crippen LogP contribution in [0.25, 0.3) is 0 Å². The van der Waals surface area contributed by atoms with E-state index >= 15 is 0 Å². The number of nitrogens with zero attached hydrogens (tertiary/aromatic N) is 2. The summed E-state index contributed by atoms with van der Waals surface area (Å²) in [6, 6.07) is 17.4. The number of halogens is 1. The topological polar surface area (TPSA) is 96.0 Å². The lowest BCUT2D eigenvalue weighted by Gasteiger charge is -2.31. The van der Waals surface area contributed by atoms with Crippen LogP contribution in [0.4, 0.5) is 10.1 Å². The molecule has 196 valence electrons. The molecular weight excluding hydrogens is 497 g/mol. The second kappa shape index (κ2) is 11.9. The fraction of sp³-hybridized carbons (Fsp3) is 0.259. The molecule has 1 N–H and O–H groups in total. The van der Waals surface area contributed by atoms with Crippen molar-refractivity contribution in [2.45, 2.75) is 31.3 Å². The van der Waals surface area contributed by atoms with Gasteiger partial charge < -0.3 is 15.0 Å².